The molecule has 3 aromatic heterocycles. The van der Waals surface area contributed by atoms with Crippen molar-refractivity contribution in [2.24, 2.45) is 23.2 Å². The number of carbonyl (C=O) groups excluding carboxylic acids is 2. The number of hydrogen-bond donors (Lipinski definition) is 3. The van der Waals surface area contributed by atoms with Crippen molar-refractivity contribution in [3.05, 3.63) is 35.0 Å². The Balaban J connectivity index is 1.14. The number of aromatic amines is 1. The van der Waals surface area contributed by atoms with E-state index in [0.717, 1.165) is 25.7 Å². The van der Waals surface area contributed by atoms with Gasteiger partial charge in [0.05, 0.1) is 28.7 Å². The number of halogens is 4. The van der Waals surface area contributed by atoms with E-state index in [1.54, 1.807) is 13.0 Å². The van der Waals surface area contributed by atoms with Crippen LogP contribution in [0.15, 0.2) is 16.8 Å². The monoisotopic (exact) mass is 631 g/mol. The fourth-order valence-corrected chi connectivity index (χ4v) is 8.10. The molecule has 3 aromatic rings. The maximum atomic E-state index is 14.3. The van der Waals surface area contributed by atoms with Gasteiger partial charge in [-0.2, -0.15) is 13.2 Å². The van der Waals surface area contributed by atoms with Gasteiger partial charge in [0.1, 0.15) is 17.2 Å². The summed E-state index contributed by atoms with van der Waals surface area (Å²) in [4.78, 5) is 40.8. The normalized spacial score (nSPS) is 31.9. The zero-order chi connectivity index (χ0) is 31.5. The van der Waals surface area contributed by atoms with Crippen LogP contribution in [0.5, 0.6) is 0 Å². The lowest BCUT2D eigenvalue weighted by Gasteiger charge is -2.65. The number of carbonyl (C=O) groups is 2. The van der Waals surface area contributed by atoms with Crippen LogP contribution in [0.4, 0.5) is 17.6 Å². The van der Waals surface area contributed by atoms with Gasteiger partial charge in [0.25, 0.3) is 5.91 Å². The molecule has 2 bridgehead atoms. The highest BCUT2D eigenvalue weighted by atomic mass is 19.4. The number of fused-ring (bicyclic) bond motifs is 1. The molecule has 6 fully saturated rings. The molecule has 0 radical (unpaired) electrons. The first kappa shape index (κ1) is 28.8. The third-order valence-electron chi connectivity index (χ3n) is 10.8. The molecule has 9 rings (SSSR count). The molecule has 1 unspecified atom stereocenters. The van der Waals surface area contributed by atoms with Crippen LogP contribution in [0.1, 0.15) is 97.6 Å². The molecule has 1 aliphatic heterocycles. The van der Waals surface area contributed by atoms with Crippen molar-refractivity contribution in [1.29, 1.82) is 0 Å². The van der Waals surface area contributed by atoms with Gasteiger partial charge in [-0.05, 0) is 86.9 Å². The highest BCUT2D eigenvalue weighted by molar-refractivity contribution is 5.93. The summed E-state index contributed by atoms with van der Waals surface area (Å²) in [6, 6.07) is 1.49. The quantitative estimate of drug-likeness (QED) is 0.310. The van der Waals surface area contributed by atoms with Crippen molar-refractivity contribution >= 4 is 23.0 Å². The Morgan fingerprint density at radius 2 is 1.80 bits per heavy atom. The molecular formula is C30H33F4N7O4. The Morgan fingerprint density at radius 3 is 2.38 bits per heavy atom. The standard InChI is InChI=1S/C30H33F4N7O4/c1-14-21(40-45-39-14)25(42)37-22(20(15-2-3-15)16-4-5-16)24-36-18-7-6-17(35-23(18)38-24)19-10-29(44,30(32,33)34)8-9-41(19)26(43)27-11-28(31,12-27)13-27/h6-7,15-16,19-20,22,44H,2-5,8-13H2,1H3,(H,37,42)(H,35,36,38)/t19-,22?,27?,28?,29+/m0/s1. The lowest BCUT2D eigenvalue weighted by atomic mass is 9.41. The Labute approximate surface area is 254 Å². The number of aliphatic hydroxyl groups is 1. The highest BCUT2D eigenvalue weighted by Gasteiger charge is 2.74. The van der Waals surface area contributed by atoms with Crippen molar-refractivity contribution in [1.82, 2.24) is 35.5 Å². The average molecular weight is 632 g/mol. The van der Waals surface area contributed by atoms with E-state index in [4.69, 9.17) is 9.61 Å². The second-order valence-electron chi connectivity index (χ2n) is 14.1. The molecule has 0 aromatic carbocycles. The average Bonchev–Trinajstić information content (AvgIpc) is 3.89. The number of hydrogen-bond acceptors (Lipinski definition) is 8. The molecule has 4 heterocycles. The van der Waals surface area contributed by atoms with Crippen LogP contribution in [0.25, 0.3) is 11.2 Å². The van der Waals surface area contributed by atoms with Gasteiger partial charge in [-0.1, -0.05) is 5.16 Å². The predicted molar refractivity (Wildman–Crippen MR) is 147 cm³/mol. The Kier molecular flexibility index (Phi) is 6.06. The number of nitrogens with one attached hydrogen (secondary N) is 2. The summed E-state index contributed by atoms with van der Waals surface area (Å²) in [5.74, 6) is 0.570. The number of nitrogens with zero attached hydrogens (tertiary/aromatic N) is 5. The maximum absolute atomic E-state index is 14.3. The predicted octanol–water partition coefficient (Wildman–Crippen LogP) is 4.41. The summed E-state index contributed by atoms with van der Waals surface area (Å²) >= 11 is 0. The van der Waals surface area contributed by atoms with E-state index in [-0.39, 0.29) is 48.8 Å². The number of amides is 2. The molecule has 0 spiro atoms. The summed E-state index contributed by atoms with van der Waals surface area (Å²) in [7, 11) is 0. The number of H-pyrrole nitrogens is 1. The van der Waals surface area contributed by atoms with Crippen molar-refractivity contribution in [2.75, 3.05) is 6.54 Å². The second-order valence-corrected chi connectivity index (χ2v) is 14.1. The SMILES string of the molecule is Cc1nonc1C(=O)NC(c1nc2nc([C@@H]3C[C@@](O)(C(F)(F)F)CCN3C(=O)C34CC(F)(C3)C4)ccc2[nH]1)C(C1CC1)C1CC1. The van der Waals surface area contributed by atoms with Crippen LogP contribution in [-0.4, -0.2) is 71.1 Å². The minimum atomic E-state index is -4.91. The van der Waals surface area contributed by atoms with E-state index in [1.165, 1.54) is 11.0 Å². The fourth-order valence-electron chi connectivity index (χ4n) is 8.10. The van der Waals surface area contributed by atoms with Gasteiger partial charge in [-0.25, -0.2) is 19.0 Å². The Hall–Kier alpha value is -3.62. The number of alkyl halides is 4. The van der Waals surface area contributed by atoms with Crippen LogP contribution < -0.4 is 5.32 Å². The van der Waals surface area contributed by atoms with Crippen LogP contribution in [0, 0.1) is 30.1 Å². The zero-order valence-corrected chi connectivity index (χ0v) is 24.5. The first-order valence-corrected chi connectivity index (χ1v) is 15.5. The molecule has 240 valence electrons. The molecule has 6 aliphatic rings. The minimum Gasteiger partial charge on any atom is -0.380 e. The van der Waals surface area contributed by atoms with Crippen LogP contribution >= 0.6 is 0 Å². The summed E-state index contributed by atoms with van der Waals surface area (Å²) in [6.07, 6.45) is -1.99. The van der Waals surface area contributed by atoms with E-state index in [2.05, 4.69) is 25.6 Å². The van der Waals surface area contributed by atoms with Crippen molar-refractivity contribution in [3.63, 3.8) is 0 Å². The number of aryl methyl sites for hydroxylation is 1. The van der Waals surface area contributed by atoms with Crippen molar-refractivity contribution in [2.45, 2.75) is 94.2 Å². The van der Waals surface area contributed by atoms with Gasteiger partial charge in [0, 0.05) is 19.4 Å². The maximum Gasteiger partial charge on any atom is 0.417 e. The molecule has 11 nitrogen and oxygen atoms in total. The van der Waals surface area contributed by atoms with Crippen LogP contribution in [0.3, 0.4) is 0 Å². The number of pyridine rings is 1. The number of aromatic nitrogens is 5. The number of rotatable bonds is 8. The van der Waals surface area contributed by atoms with Gasteiger partial charge in [0.2, 0.25) is 5.91 Å². The molecule has 3 atom stereocenters. The van der Waals surface area contributed by atoms with E-state index in [0.29, 0.717) is 28.9 Å². The number of imidazole rings is 1. The third-order valence-corrected chi connectivity index (χ3v) is 10.8. The smallest absolute Gasteiger partial charge is 0.380 e. The van der Waals surface area contributed by atoms with Gasteiger partial charge >= 0.3 is 6.18 Å². The Bertz CT molecular complexity index is 1670. The molecule has 5 aliphatic carbocycles. The topological polar surface area (TPSA) is 150 Å². The molecule has 15 heteroatoms. The second kappa shape index (κ2) is 9.46. The molecule has 5 saturated carbocycles. The van der Waals surface area contributed by atoms with Crippen molar-refractivity contribution in [3.8, 4) is 0 Å². The summed E-state index contributed by atoms with van der Waals surface area (Å²) in [5.41, 5.74) is -3.95. The van der Waals surface area contributed by atoms with E-state index in [9.17, 15) is 32.3 Å². The molecule has 45 heavy (non-hydrogen) atoms. The Morgan fingerprint density at radius 1 is 1.11 bits per heavy atom. The first-order valence-electron chi connectivity index (χ1n) is 15.5. The van der Waals surface area contributed by atoms with Gasteiger partial charge in [-0.15, -0.1) is 0 Å². The minimum absolute atomic E-state index is 0.0704. The lowest BCUT2D eigenvalue weighted by Crippen LogP contribution is -2.71. The fraction of sp³-hybridized carbons (Fsp3) is 0.667. The molecule has 2 amide bonds. The first-order chi connectivity index (χ1) is 21.3. The number of likely N-dealkylation sites (tertiary alicyclic amines) is 1. The summed E-state index contributed by atoms with van der Waals surface area (Å²) < 4.78 is 61.1. The third kappa shape index (κ3) is 4.63. The summed E-state index contributed by atoms with van der Waals surface area (Å²) in [5, 5.41) is 21.2. The van der Waals surface area contributed by atoms with E-state index < -0.39 is 59.6 Å². The highest BCUT2D eigenvalue weighted by Crippen LogP contribution is 2.70. The van der Waals surface area contributed by atoms with Gasteiger partial charge in [-0.3, -0.25) is 9.59 Å². The van der Waals surface area contributed by atoms with E-state index >= 15 is 0 Å². The zero-order valence-electron chi connectivity index (χ0n) is 24.5. The molecule has 3 N–H and O–H groups in total. The summed E-state index contributed by atoms with van der Waals surface area (Å²) in [6.45, 7) is 1.29. The van der Waals surface area contributed by atoms with Gasteiger partial charge in [0.15, 0.2) is 16.9 Å². The largest absolute Gasteiger partial charge is 0.417 e. The number of piperidine rings is 1. The van der Waals surface area contributed by atoms with E-state index in [1.807, 2.05) is 0 Å². The van der Waals surface area contributed by atoms with Crippen LogP contribution in [0.2, 0.25) is 0 Å². The lowest BCUT2D eigenvalue weighted by molar-refractivity contribution is -0.280. The molecule has 1 saturated heterocycles. The van der Waals surface area contributed by atoms with Gasteiger partial charge < -0.3 is 20.3 Å². The van der Waals surface area contributed by atoms with Crippen molar-refractivity contribution < 1.29 is 36.9 Å². The molecular weight excluding hydrogens is 598 g/mol. The van der Waals surface area contributed by atoms with Crippen LogP contribution in [-0.2, 0) is 4.79 Å².